The van der Waals surface area contributed by atoms with Gasteiger partial charge >= 0.3 is 11.9 Å². The molecule has 5 nitrogen and oxygen atoms in total. The summed E-state index contributed by atoms with van der Waals surface area (Å²) in [6.45, 7) is 0. The average Bonchev–Trinajstić information content (AvgIpc) is 2.73. The van der Waals surface area contributed by atoms with Crippen LogP contribution in [0.2, 0.25) is 0 Å². The van der Waals surface area contributed by atoms with Crippen LogP contribution >= 0.6 is 0 Å². The van der Waals surface area contributed by atoms with Crippen molar-refractivity contribution in [1.29, 1.82) is 0 Å². The highest BCUT2D eigenvalue weighted by molar-refractivity contribution is 6.10. The Morgan fingerprint density at radius 3 is 1.89 bits per heavy atom. The van der Waals surface area contributed by atoms with Gasteiger partial charge in [0.1, 0.15) is 0 Å². The van der Waals surface area contributed by atoms with Crippen molar-refractivity contribution >= 4 is 23.1 Å². The van der Waals surface area contributed by atoms with E-state index in [0.29, 0.717) is 22.3 Å². The molecule has 0 aromatic heterocycles. The van der Waals surface area contributed by atoms with Crippen molar-refractivity contribution in [1.82, 2.24) is 0 Å². The molecule has 0 amide bonds. The minimum Gasteiger partial charge on any atom is -0.466 e. The Balaban J connectivity index is 2.23. The SMILES string of the molecule is COC(=O)C1=C(c2ccccc2)C(N)C(C(=O)OC)=C(c2ccccc2)C1. The van der Waals surface area contributed by atoms with E-state index in [9.17, 15) is 9.59 Å². The maximum Gasteiger partial charge on any atom is 0.335 e. The van der Waals surface area contributed by atoms with Crippen LogP contribution in [-0.4, -0.2) is 32.2 Å². The van der Waals surface area contributed by atoms with Gasteiger partial charge in [0.2, 0.25) is 0 Å². The lowest BCUT2D eigenvalue weighted by molar-refractivity contribution is -0.137. The molecule has 0 aliphatic heterocycles. The number of carbonyl (C=O) groups excluding carboxylic acids is 2. The van der Waals surface area contributed by atoms with Crippen LogP contribution in [-0.2, 0) is 19.1 Å². The van der Waals surface area contributed by atoms with Crippen molar-refractivity contribution in [3.8, 4) is 0 Å². The molecule has 0 bridgehead atoms. The van der Waals surface area contributed by atoms with Crippen LogP contribution in [0.15, 0.2) is 71.8 Å². The zero-order valence-corrected chi connectivity index (χ0v) is 15.3. The van der Waals surface area contributed by atoms with Gasteiger partial charge in [0, 0.05) is 12.0 Å². The number of ether oxygens (including phenoxy) is 2. The number of benzene rings is 2. The topological polar surface area (TPSA) is 78.6 Å². The molecule has 0 fully saturated rings. The van der Waals surface area contributed by atoms with Crippen molar-refractivity contribution in [2.75, 3.05) is 14.2 Å². The van der Waals surface area contributed by atoms with Gasteiger partial charge in [-0.05, 0) is 22.3 Å². The molecule has 2 aromatic carbocycles. The Bertz CT molecular complexity index is 914. The number of carbonyl (C=O) groups is 2. The van der Waals surface area contributed by atoms with Gasteiger partial charge in [-0.1, -0.05) is 60.7 Å². The van der Waals surface area contributed by atoms with Gasteiger partial charge in [-0.3, -0.25) is 0 Å². The zero-order chi connectivity index (χ0) is 19.4. The van der Waals surface area contributed by atoms with E-state index in [1.165, 1.54) is 14.2 Å². The second-order valence-corrected chi connectivity index (χ2v) is 6.15. The maximum atomic E-state index is 12.6. The van der Waals surface area contributed by atoms with Gasteiger partial charge < -0.3 is 15.2 Å². The fraction of sp³-hybridized carbons (Fsp3) is 0.182. The Hall–Kier alpha value is -3.18. The van der Waals surface area contributed by atoms with Crippen LogP contribution in [0.5, 0.6) is 0 Å². The quantitative estimate of drug-likeness (QED) is 0.845. The first-order chi connectivity index (χ1) is 13.1. The first kappa shape index (κ1) is 18.6. The van der Waals surface area contributed by atoms with Crippen molar-refractivity contribution in [2.24, 2.45) is 5.73 Å². The molecule has 0 spiro atoms. The van der Waals surface area contributed by atoms with Crippen molar-refractivity contribution in [3.05, 3.63) is 82.9 Å². The molecule has 1 atom stereocenters. The summed E-state index contributed by atoms with van der Waals surface area (Å²) < 4.78 is 10.0. The maximum absolute atomic E-state index is 12.6. The first-order valence-electron chi connectivity index (χ1n) is 8.57. The average molecular weight is 363 g/mol. The highest BCUT2D eigenvalue weighted by Gasteiger charge is 2.36. The smallest absolute Gasteiger partial charge is 0.335 e. The van der Waals surface area contributed by atoms with E-state index in [1.807, 2.05) is 60.7 Å². The van der Waals surface area contributed by atoms with Crippen LogP contribution in [0.25, 0.3) is 11.1 Å². The van der Waals surface area contributed by atoms with Gasteiger partial charge in [0.05, 0.1) is 25.8 Å². The first-order valence-corrected chi connectivity index (χ1v) is 8.57. The summed E-state index contributed by atoms with van der Waals surface area (Å²) in [5.41, 5.74) is 10.2. The molecule has 1 aliphatic rings. The molecule has 2 aromatic rings. The Morgan fingerprint density at radius 1 is 0.852 bits per heavy atom. The largest absolute Gasteiger partial charge is 0.466 e. The zero-order valence-electron chi connectivity index (χ0n) is 15.3. The molecule has 1 aliphatic carbocycles. The fourth-order valence-electron chi connectivity index (χ4n) is 3.42. The summed E-state index contributed by atoms with van der Waals surface area (Å²) in [7, 11) is 2.66. The van der Waals surface area contributed by atoms with Crippen LogP contribution in [0.3, 0.4) is 0 Å². The number of hydrogen-bond donors (Lipinski definition) is 1. The molecule has 0 saturated carbocycles. The summed E-state index contributed by atoms with van der Waals surface area (Å²) in [6, 6.07) is 17.9. The van der Waals surface area contributed by atoms with Crippen LogP contribution in [0, 0.1) is 0 Å². The second-order valence-electron chi connectivity index (χ2n) is 6.15. The molecular weight excluding hydrogens is 342 g/mol. The normalized spacial score (nSPS) is 16.9. The van der Waals surface area contributed by atoms with Gasteiger partial charge in [0.25, 0.3) is 0 Å². The predicted octanol–water partition coefficient (Wildman–Crippen LogP) is 2.97. The van der Waals surface area contributed by atoms with Crippen LogP contribution in [0.1, 0.15) is 17.5 Å². The predicted molar refractivity (Wildman–Crippen MR) is 103 cm³/mol. The van der Waals surface area contributed by atoms with E-state index in [-0.39, 0.29) is 6.42 Å². The van der Waals surface area contributed by atoms with Crippen LogP contribution in [0.4, 0.5) is 0 Å². The number of methoxy groups -OCH3 is 2. The lowest BCUT2D eigenvalue weighted by Crippen LogP contribution is -2.35. The highest BCUT2D eigenvalue weighted by atomic mass is 16.5. The minimum absolute atomic E-state index is 0.235. The molecule has 2 N–H and O–H groups in total. The molecule has 0 heterocycles. The summed E-state index contributed by atoms with van der Waals surface area (Å²) in [5, 5.41) is 0. The lowest BCUT2D eigenvalue weighted by Gasteiger charge is -2.29. The van der Waals surface area contributed by atoms with Crippen molar-refractivity contribution in [2.45, 2.75) is 12.5 Å². The number of esters is 2. The van der Waals surface area contributed by atoms with E-state index >= 15 is 0 Å². The van der Waals surface area contributed by atoms with E-state index < -0.39 is 18.0 Å². The summed E-state index contributed by atoms with van der Waals surface area (Å²) >= 11 is 0. The minimum atomic E-state index is -0.807. The third-order valence-electron chi connectivity index (χ3n) is 4.67. The molecule has 27 heavy (non-hydrogen) atoms. The van der Waals surface area contributed by atoms with E-state index in [4.69, 9.17) is 15.2 Å². The number of allylic oxidation sites excluding steroid dienone is 1. The summed E-state index contributed by atoms with van der Waals surface area (Å²) in [4.78, 5) is 25.1. The van der Waals surface area contributed by atoms with Gasteiger partial charge in [-0.25, -0.2) is 9.59 Å². The van der Waals surface area contributed by atoms with E-state index in [0.717, 1.165) is 11.1 Å². The molecule has 138 valence electrons. The Morgan fingerprint density at radius 2 is 1.37 bits per heavy atom. The lowest BCUT2D eigenvalue weighted by atomic mass is 9.77. The summed E-state index contributed by atoms with van der Waals surface area (Å²) in [6.07, 6.45) is 0.235. The molecule has 1 unspecified atom stereocenters. The number of rotatable bonds is 4. The third kappa shape index (κ3) is 3.55. The van der Waals surface area contributed by atoms with Gasteiger partial charge in [-0.2, -0.15) is 0 Å². The summed E-state index contributed by atoms with van der Waals surface area (Å²) in [5.74, 6) is -0.958. The van der Waals surface area contributed by atoms with E-state index in [2.05, 4.69) is 0 Å². The van der Waals surface area contributed by atoms with Crippen LogP contribution < -0.4 is 5.73 Å². The third-order valence-corrected chi connectivity index (χ3v) is 4.67. The molecule has 3 rings (SSSR count). The molecular formula is C22H21NO4. The number of nitrogens with two attached hydrogens (primary N) is 1. The van der Waals surface area contributed by atoms with Crippen molar-refractivity contribution in [3.63, 3.8) is 0 Å². The van der Waals surface area contributed by atoms with E-state index in [1.54, 1.807) is 0 Å². The molecule has 0 radical (unpaired) electrons. The molecule has 5 heteroatoms. The van der Waals surface area contributed by atoms with Gasteiger partial charge in [0.15, 0.2) is 0 Å². The Labute approximate surface area is 158 Å². The monoisotopic (exact) mass is 363 g/mol. The highest BCUT2D eigenvalue weighted by Crippen LogP contribution is 2.40. The van der Waals surface area contributed by atoms with Gasteiger partial charge in [-0.15, -0.1) is 0 Å². The standard InChI is InChI=1S/C22H21NO4/c1-26-21(24)17-13-16(14-9-5-3-6-10-14)19(22(25)27-2)20(23)18(17)15-11-7-4-8-12-15/h3-12,20H,13,23H2,1-2H3. The second kappa shape index (κ2) is 8.01. The molecule has 0 saturated heterocycles. The Kier molecular flexibility index (Phi) is 5.52. The fourth-order valence-corrected chi connectivity index (χ4v) is 3.42. The van der Waals surface area contributed by atoms with Crippen molar-refractivity contribution < 1.29 is 19.1 Å². The number of hydrogen-bond acceptors (Lipinski definition) is 5.